The van der Waals surface area contributed by atoms with E-state index in [0.29, 0.717) is 18.2 Å². The van der Waals surface area contributed by atoms with Gasteiger partial charge in [-0.05, 0) is 37.8 Å². The van der Waals surface area contributed by atoms with Crippen LogP contribution in [-0.4, -0.2) is 23.4 Å². The maximum absolute atomic E-state index is 12.2. The Balaban J connectivity index is 2.03. The van der Waals surface area contributed by atoms with Crippen molar-refractivity contribution < 1.29 is 4.79 Å². The van der Waals surface area contributed by atoms with Gasteiger partial charge in [0.05, 0.1) is 6.42 Å². The number of amides is 1. The van der Waals surface area contributed by atoms with Crippen LogP contribution in [0, 0.1) is 0 Å². The summed E-state index contributed by atoms with van der Waals surface area (Å²) in [5, 5.41) is 0. The SMILES string of the molecule is C[C@H]1CCCCN1C(=O)Cc1ccccc1N. The minimum atomic E-state index is 0.204. The summed E-state index contributed by atoms with van der Waals surface area (Å²) in [6.07, 6.45) is 3.91. The quantitative estimate of drug-likeness (QED) is 0.795. The highest BCUT2D eigenvalue weighted by molar-refractivity contribution is 5.80. The van der Waals surface area contributed by atoms with E-state index in [0.717, 1.165) is 24.9 Å². The molecular formula is C14H20N2O. The maximum atomic E-state index is 12.2. The molecule has 1 aromatic rings. The van der Waals surface area contributed by atoms with Crippen molar-refractivity contribution in [3.8, 4) is 0 Å². The topological polar surface area (TPSA) is 46.3 Å². The van der Waals surface area contributed by atoms with Gasteiger partial charge in [0.2, 0.25) is 5.91 Å². The van der Waals surface area contributed by atoms with E-state index in [-0.39, 0.29) is 5.91 Å². The van der Waals surface area contributed by atoms with E-state index in [2.05, 4.69) is 6.92 Å². The highest BCUT2D eigenvalue weighted by Crippen LogP contribution is 2.19. The number of likely N-dealkylation sites (tertiary alicyclic amines) is 1. The predicted octanol–water partition coefficient (Wildman–Crippen LogP) is 2.21. The number of nitrogens with two attached hydrogens (primary N) is 1. The molecule has 0 spiro atoms. The van der Waals surface area contributed by atoms with Gasteiger partial charge in [0.25, 0.3) is 0 Å². The Bertz CT molecular complexity index is 403. The Morgan fingerprint density at radius 1 is 1.41 bits per heavy atom. The molecule has 0 aromatic heterocycles. The zero-order valence-corrected chi connectivity index (χ0v) is 10.4. The van der Waals surface area contributed by atoms with Crippen molar-refractivity contribution in [3.05, 3.63) is 29.8 Å². The molecule has 92 valence electrons. The summed E-state index contributed by atoms with van der Waals surface area (Å²) < 4.78 is 0. The van der Waals surface area contributed by atoms with Gasteiger partial charge in [0.15, 0.2) is 0 Å². The number of rotatable bonds is 2. The van der Waals surface area contributed by atoms with E-state index < -0.39 is 0 Å². The first kappa shape index (κ1) is 12.0. The monoisotopic (exact) mass is 232 g/mol. The van der Waals surface area contributed by atoms with Gasteiger partial charge in [-0.15, -0.1) is 0 Å². The van der Waals surface area contributed by atoms with Crippen molar-refractivity contribution in [2.45, 2.75) is 38.6 Å². The van der Waals surface area contributed by atoms with E-state index in [1.54, 1.807) is 0 Å². The zero-order valence-electron chi connectivity index (χ0n) is 10.4. The standard InChI is InChI=1S/C14H20N2O/c1-11-6-4-5-9-16(11)14(17)10-12-7-2-3-8-13(12)15/h2-3,7-8,11H,4-6,9-10,15H2,1H3/t11-/m0/s1. The minimum Gasteiger partial charge on any atom is -0.398 e. The van der Waals surface area contributed by atoms with Crippen molar-refractivity contribution in [2.75, 3.05) is 12.3 Å². The average molecular weight is 232 g/mol. The van der Waals surface area contributed by atoms with Crippen LogP contribution < -0.4 is 5.73 Å². The van der Waals surface area contributed by atoms with Crippen LogP contribution in [0.4, 0.5) is 5.69 Å². The highest BCUT2D eigenvalue weighted by atomic mass is 16.2. The van der Waals surface area contributed by atoms with Crippen LogP contribution in [0.5, 0.6) is 0 Å². The first-order valence-corrected chi connectivity index (χ1v) is 6.31. The predicted molar refractivity (Wildman–Crippen MR) is 69.6 cm³/mol. The lowest BCUT2D eigenvalue weighted by Crippen LogP contribution is -2.42. The second-order valence-electron chi connectivity index (χ2n) is 4.81. The van der Waals surface area contributed by atoms with E-state index >= 15 is 0 Å². The van der Waals surface area contributed by atoms with Crippen LogP contribution in [-0.2, 0) is 11.2 Å². The molecule has 17 heavy (non-hydrogen) atoms. The summed E-state index contributed by atoms with van der Waals surface area (Å²) >= 11 is 0. The van der Waals surface area contributed by atoms with E-state index in [1.165, 1.54) is 6.42 Å². The van der Waals surface area contributed by atoms with Gasteiger partial charge in [-0.25, -0.2) is 0 Å². The fourth-order valence-corrected chi connectivity index (χ4v) is 2.43. The molecule has 0 bridgehead atoms. The lowest BCUT2D eigenvalue weighted by Gasteiger charge is -2.33. The number of hydrogen-bond donors (Lipinski definition) is 1. The number of carbonyl (C=O) groups is 1. The summed E-state index contributed by atoms with van der Waals surface area (Å²) in [4.78, 5) is 14.2. The van der Waals surface area contributed by atoms with E-state index in [4.69, 9.17) is 5.73 Å². The number of piperidine rings is 1. The normalized spacial score (nSPS) is 20.3. The second-order valence-corrected chi connectivity index (χ2v) is 4.81. The Morgan fingerprint density at radius 2 is 2.18 bits per heavy atom. The van der Waals surface area contributed by atoms with Gasteiger partial charge < -0.3 is 10.6 Å². The van der Waals surface area contributed by atoms with Crippen molar-refractivity contribution in [2.24, 2.45) is 0 Å². The molecule has 0 saturated carbocycles. The molecule has 2 rings (SSSR count). The van der Waals surface area contributed by atoms with Crippen molar-refractivity contribution in [1.82, 2.24) is 4.90 Å². The molecule has 0 aliphatic carbocycles. The third-order valence-corrected chi connectivity index (χ3v) is 3.52. The van der Waals surface area contributed by atoms with Crippen LogP contribution >= 0.6 is 0 Å². The molecule has 1 saturated heterocycles. The molecule has 3 nitrogen and oxygen atoms in total. The number of hydrogen-bond acceptors (Lipinski definition) is 2. The van der Waals surface area contributed by atoms with Crippen LogP contribution in [0.15, 0.2) is 24.3 Å². The lowest BCUT2D eigenvalue weighted by atomic mass is 10.0. The lowest BCUT2D eigenvalue weighted by molar-refractivity contribution is -0.133. The minimum absolute atomic E-state index is 0.204. The van der Waals surface area contributed by atoms with Gasteiger partial charge in [-0.1, -0.05) is 18.2 Å². The summed E-state index contributed by atoms with van der Waals surface area (Å²) in [5.41, 5.74) is 7.52. The van der Waals surface area contributed by atoms with Crippen LogP contribution in [0.2, 0.25) is 0 Å². The van der Waals surface area contributed by atoms with Gasteiger partial charge >= 0.3 is 0 Å². The van der Waals surface area contributed by atoms with Crippen molar-refractivity contribution in [3.63, 3.8) is 0 Å². The molecule has 3 heteroatoms. The average Bonchev–Trinajstić information content (AvgIpc) is 2.32. The number of nitrogen functional groups attached to an aromatic ring is 1. The molecule has 1 amide bonds. The Kier molecular flexibility index (Phi) is 3.67. The Labute approximate surface area is 103 Å². The summed E-state index contributed by atoms with van der Waals surface area (Å²) in [7, 11) is 0. The third-order valence-electron chi connectivity index (χ3n) is 3.52. The molecule has 1 fully saturated rings. The van der Waals surface area contributed by atoms with Gasteiger partial charge in [-0.3, -0.25) is 4.79 Å². The molecule has 1 atom stereocenters. The molecular weight excluding hydrogens is 212 g/mol. The fourth-order valence-electron chi connectivity index (χ4n) is 2.43. The summed E-state index contributed by atoms with van der Waals surface area (Å²) in [6.45, 7) is 3.03. The number of carbonyl (C=O) groups excluding carboxylic acids is 1. The van der Waals surface area contributed by atoms with Gasteiger partial charge in [-0.2, -0.15) is 0 Å². The molecule has 1 aliphatic heterocycles. The van der Waals surface area contributed by atoms with Gasteiger partial charge in [0, 0.05) is 18.3 Å². The summed E-state index contributed by atoms with van der Waals surface area (Å²) in [6, 6.07) is 7.98. The second kappa shape index (κ2) is 5.21. The van der Waals surface area contributed by atoms with Crippen LogP contribution in [0.25, 0.3) is 0 Å². The summed E-state index contributed by atoms with van der Waals surface area (Å²) in [5.74, 6) is 0.204. The van der Waals surface area contributed by atoms with E-state index in [9.17, 15) is 4.79 Å². The van der Waals surface area contributed by atoms with Crippen LogP contribution in [0.1, 0.15) is 31.7 Å². The van der Waals surface area contributed by atoms with Crippen LogP contribution in [0.3, 0.4) is 0 Å². The zero-order chi connectivity index (χ0) is 12.3. The largest absolute Gasteiger partial charge is 0.398 e. The third kappa shape index (κ3) is 2.78. The number of para-hydroxylation sites is 1. The first-order valence-electron chi connectivity index (χ1n) is 6.31. The molecule has 1 aliphatic rings. The highest BCUT2D eigenvalue weighted by Gasteiger charge is 2.23. The van der Waals surface area contributed by atoms with E-state index in [1.807, 2.05) is 29.2 Å². The van der Waals surface area contributed by atoms with Crippen molar-refractivity contribution >= 4 is 11.6 Å². The maximum Gasteiger partial charge on any atom is 0.227 e. The first-order chi connectivity index (χ1) is 8.18. The van der Waals surface area contributed by atoms with Gasteiger partial charge in [0.1, 0.15) is 0 Å². The molecule has 2 N–H and O–H groups in total. The fraction of sp³-hybridized carbons (Fsp3) is 0.500. The number of anilines is 1. The smallest absolute Gasteiger partial charge is 0.227 e. The number of benzene rings is 1. The Morgan fingerprint density at radius 3 is 2.88 bits per heavy atom. The molecule has 0 radical (unpaired) electrons. The Hall–Kier alpha value is -1.51. The molecule has 0 unspecified atom stereocenters. The van der Waals surface area contributed by atoms with Crippen molar-refractivity contribution in [1.29, 1.82) is 0 Å². The number of nitrogens with zero attached hydrogens (tertiary/aromatic N) is 1. The molecule has 1 aromatic carbocycles. The molecule has 1 heterocycles.